The number of amides is 1. The quantitative estimate of drug-likeness (QED) is 0.116. The predicted octanol–water partition coefficient (Wildman–Crippen LogP) is 6.65. The number of aldehydes is 1. The van der Waals surface area contributed by atoms with E-state index in [-0.39, 0.29) is 23.3 Å². The van der Waals surface area contributed by atoms with Gasteiger partial charge in [-0.15, -0.1) is 0 Å². The van der Waals surface area contributed by atoms with E-state index in [4.69, 9.17) is 21.6 Å². The van der Waals surface area contributed by atoms with E-state index in [1.54, 1.807) is 18.2 Å². The number of aromatic hydroxyl groups is 1. The molecule has 2 aliphatic carbocycles. The molecule has 11 nitrogen and oxygen atoms in total. The summed E-state index contributed by atoms with van der Waals surface area (Å²) in [6, 6.07) is 10.8. The third-order valence-corrected chi connectivity index (χ3v) is 12.2. The Kier molecular flexibility index (Phi) is 9.91. The number of hydrogen-bond donors (Lipinski definition) is 3. The minimum absolute atomic E-state index is 0.0774. The van der Waals surface area contributed by atoms with Crippen LogP contribution in [0.15, 0.2) is 43.0 Å². The molecule has 2 fully saturated rings. The van der Waals surface area contributed by atoms with Crippen LogP contribution in [-0.2, 0) is 44.8 Å². The number of halogens is 1. The van der Waals surface area contributed by atoms with Crippen LogP contribution in [-0.4, -0.2) is 72.4 Å². The van der Waals surface area contributed by atoms with Crippen LogP contribution < -0.4 is 10.6 Å². The highest BCUT2D eigenvalue weighted by Crippen LogP contribution is 2.42. The molecule has 0 saturated heterocycles. The monoisotopic (exact) mass is 736 g/mol. The number of nitrogens with zero attached hydrogens (tertiary/aromatic N) is 6. The molecule has 0 bridgehead atoms. The number of carbonyl (C=O) groups excluding carboxylic acids is 2. The summed E-state index contributed by atoms with van der Waals surface area (Å²) in [7, 11) is 3.92. The van der Waals surface area contributed by atoms with Crippen molar-refractivity contribution in [1.82, 2.24) is 28.9 Å². The van der Waals surface area contributed by atoms with Crippen LogP contribution >= 0.6 is 11.6 Å². The Bertz CT molecular complexity index is 2060. The van der Waals surface area contributed by atoms with E-state index in [2.05, 4.69) is 31.6 Å². The van der Waals surface area contributed by atoms with Crippen molar-refractivity contribution in [3.63, 3.8) is 0 Å². The van der Waals surface area contributed by atoms with Gasteiger partial charge in [0.25, 0.3) is 5.91 Å². The second-order valence-electron chi connectivity index (χ2n) is 15.5. The van der Waals surface area contributed by atoms with Gasteiger partial charge in [0.1, 0.15) is 12.0 Å². The molecule has 0 atom stereocenters. The number of aromatic nitrogens is 4. The third kappa shape index (κ3) is 7.26. The Morgan fingerprint density at radius 2 is 1.38 bits per heavy atom. The number of anilines is 2. The first-order valence-corrected chi connectivity index (χ1v) is 19.4. The molecular weight excluding hydrogens is 688 g/mol. The second-order valence-corrected chi connectivity index (χ2v) is 15.9. The highest BCUT2D eigenvalue weighted by Gasteiger charge is 2.31. The van der Waals surface area contributed by atoms with Crippen molar-refractivity contribution in [3.05, 3.63) is 82.4 Å². The SMILES string of the molecule is C=C(Nc1cccc(-c2cccc(NC(=O)c3nc4c(n3C)CCN(CC3CC3)C4)c2O)c1Cl)c1nc2c(n1C)CCN(CC1CCC(C=O)CC1)C2. The lowest BCUT2D eigenvalue weighted by Crippen LogP contribution is -2.36. The first kappa shape index (κ1) is 35.6. The summed E-state index contributed by atoms with van der Waals surface area (Å²) in [5.41, 5.74) is 6.97. The van der Waals surface area contributed by atoms with E-state index in [0.29, 0.717) is 39.3 Å². The van der Waals surface area contributed by atoms with Gasteiger partial charge < -0.3 is 29.7 Å². The van der Waals surface area contributed by atoms with Crippen LogP contribution in [0.2, 0.25) is 5.02 Å². The molecule has 53 heavy (non-hydrogen) atoms. The Balaban J connectivity index is 0.948. The minimum Gasteiger partial charge on any atom is -0.505 e. The molecule has 2 saturated carbocycles. The van der Waals surface area contributed by atoms with E-state index in [9.17, 15) is 14.7 Å². The van der Waals surface area contributed by atoms with E-state index in [1.807, 2.05) is 36.9 Å². The van der Waals surface area contributed by atoms with Gasteiger partial charge in [0.2, 0.25) is 0 Å². The number of fused-ring (bicyclic) bond motifs is 2. The molecule has 2 aromatic heterocycles. The summed E-state index contributed by atoms with van der Waals surface area (Å²) in [6.07, 6.45) is 9.76. The highest BCUT2D eigenvalue weighted by atomic mass is 35.5. The van der Waals surface area contributed by atoms with Gasteiger partial charge in [0.15, 0.2) is 11.6 Å². The summed E-state index contributed by atoms with van der Waals surface area (Å²) < 4.78 is 4.01. The van der Waals surface area contributed by atoms with Crippen LogP contribution in [0, 0.1) is 17.8 Å². The van der Waals surface area contributed by atoms with Crippen LogP contribution in [0.25, 0.3) is 16.8 Å². The van der Waals surface area contributed by atoms with Gasteiger partial charge in [0.05, 0.1) is 33.5 Å². The zero-order chi connectivity index (χ0) is 36.8. The average Bonchev–Trinajstić information content (AvgIpc) is 3.83. The molecule has 0 unspecified atom stereocenters. The zero-order valence-electron chi connectivity index (χ0n) is 30.7. The normalized spacial score (nSPS) is 20.4. The van der Waals surface area contributed by atoms with Crippen LogP contribution in [0.5, 0.6) is 5.75 Å². The van der Waals surface area contributed by atoms with Gasteiger partial charge in [-0.3, -0.25) is 14.6 Å². The lowest BCUT2D eigenvalue weighted by atomic mass is 9.82. The number of hydrogen-bond acceptors (Lipinski definition) is 8. The van der Waals surface area contributed by atoms with Gasteiger partial charge in [-0.25, -0.2) is 9.97 Å². The summed E-state index contributed by atoms with van der Waals surface area (Å²) in [5, 5.41) is 18.2. The molecule has 8 rings (SSSR count). The van der Waals surface area contributed by atoms with Crippen molar-refractivity contribution < 1.29 is 14.7 Å². The van der Waals surface area contributed by atoms with Gasteiger partial charge in [-0.05, 0) is 62.5 Å². The van der Waals surface area contributed by atoms with Crippen molar-refractivity contribution in [2.24, 2.45) is 31.8 Å². The molecular formula is C41H49ClN8O3. The van der Waals surface area contributed by atoms with E-state index in [0.717, 1.165) is 113 Å². The molecule has 0 radical (unpaired) electrons. The maximum atomic E-state index is 13.5. The van der Waals surface area contributed by atoms with Crippen molar-refractivity contribution in [3.8, 4) is 16.9 Å². The van der Waals surface area contributed by atoms with Crippen molar-refractivity contribution in [1.29, 1.82) is 0 Å². The maximum Gasteiger partial charge on any atom is 0.291 e. The fourth-order valence-electron chi connectivity index (χ4n) is 8.58. The standard InChI is InChI=1S/C41H49ClN8O3/c1-25(39-44-33-22-49(18-16-35(33)47(39)2)21-27-12-14-28(24-51)15-13-27)43-31-8-4-6-29(37(31)42)30-7-5-9-32(38(30)52)46-41(53)40-45-34-23-50(20-26-10-11-26)19-17-36(34)48(40)3/h4-9,24,26-28,43,52H,1,10-23H2,2-3H3,(H,46,53). The number of para-hydroxylation sites is 1. The van der Waals surface area contributed by atoms with Crippen molar-refractivity contribution in [2.75, 3.05) is 36.8 Å². The molecule has 4 heterocycles. The largest absolute Gasteiger partial charge is 0.505 e. The van der Waals surface area contributed by atoms with Gasteiger partial charge in [-0.2, -0.15) is 0 Å². The molecule has 4 aromatic rings. The number of carbonyl (C=O) groups is 2. The maximum absolute atomic E-state index is 13.5. The smallest absolute Gasteiger partial charge is 0.291 e. The molecule has 3 N–H and O–H groups in total. The predicted molar refractivity (Wildman–Crippen MR) is 208 cm³/mol. The lowest BCUT2D eigenvalue weighted by Gasteiger charge is -2.33. The van der Waals surface area contributed by atoms with E-state index in [1.165, 1.54) is 18.5 Å². The first-order valence-electron chi connectivity index (χ1n) is 19.0. The van der Waals surface area contributed by atoms with Gasteiger partial charge >= 0.3 is 0 Å². The van der Waals surface area contributed by atoms with Crippen LogP contribution in [0.3, 0.4) is 0 Å². The fraction of sp³-hybridized carbons (Fsp3) is 0.463. The number of rotatable bonds is 11. The van der Waals surface area contributed by atoms with Crippen molar-refractivity contribution >= 4 is 40.9 Å². The Labute approximate surface area is 316 Å². The number of phenols is 1. The van der Waals surface area contributed by atoms with Gasteiger partial charge in [0, 0.05) is 94.6 Å². The number of nitrogens with one attached hydrogen (secondary N) is 2. The first-order chi connectivity index (χ1) is 25.7. The molecule has 12 heteroatoms. The second kappa shape index (κ2) is 14.8. The summed E-state index contributed by atoms with van der Waals surface area (Å²) in [6.45, 7) is 10.00. The van der Waals surface area contributed by atoms with Gasteiger partial charge in [-0.1, -0.05) is 42.4 Å². The topological polar surface area (TPSA) is 121 Å². The Hall–Kier alpha value is -4.45. The minimum atomic E-state index is -0.372. The third-order valence-electron chi connectivity index (χ3n) is 11.8. The molecule has 2 aromatic carbocycles. The summed E-state index contributed by atoms with van der Waals surface area (Å²) in [5.74, 6) is 2.31. The molecule has 278 valence electrons. The lowest BCUT2D eigenvalue weighted by molar-refractivity contribution is -0.112. The molecule has 1 amide bonds. The van der Waals surface area contributed by atoms with Crippen LogP contribution in [0.4, 0.5) is 11.4 Å². The van der Waals surface area contributed by atoms with E-state index >= 15 is 0 Å². The summed E-state index contributed by atoms with van der Waals surface area (Å²) in [4.78, 5) is 39.4. The summed E-state index contributed by atoms with van der Waals surface area (Å²) >= 11 is 7.02. The van der Waals surface area contributed by atoms with Crippen LogP contribution in [0.1, 0.15) is 77.7 Å². The number of imidazole rings is 2. The highest BCUT2D eigenvalue weighted by molar-refractivity contribution is 6.36. The Morgan fingerprint density at radius 1 is 0.830 bits per heavy atom. The molecule has 0 spiro atoms. The fourth-order valence-corrected chi connectivity index (χ4v) is 8.86. The molecule has 2 aliphatic heterocycles. The zero-order valence-corrected chi connectivity index (χ0v) is 31.5. The number of phenolic OH excluding ortho intramolecular Hbond substituents is 1. The average molecular weight is 737 g/mol. The Morgan fingerprint density at radius 3 is 1.98 bits per heavy atom. The van der Waals surface area contributed by atoms with Crippen molar-refractivity contribution in [2.45, 2.75) is 64.5 Å². The van der Waals surface area contributed by atoms with E-state index < -0.39 is 0 Å². The molecule has 4 aliphatic rings. The number of benzene rings is 2.